The van der Waals surface area contributed by atoms with Gasteiger partial charge in [-0.2, -0.15) is 15.0 Å². The van der Waals surface area contributed by atoms with E-state index in [9.17, 15) is 0 Å². The zero-order valence-electron chi connectivity index (χ0n) is 42.1. The summed E-state index contributed by atoms with van der Waals surface area (Å²) < 4.78 is 146. The van der Waals surface area contributed by atoms with Crippen LogP contribution in [0.5, 0.6) is 0 Å². The van der Waals surface area contributed by atoms with Gasteiger partial charge in [-0.05, 0) is 60.6 Å². The van der Waals surface area contributed by atoms with Crippen molar-refractivity contribution in [2.24, 2.45) is 0 Å². The molecule has 0 saturated carbocycles. The van der Waals surface area contributed by atoms with E-state index in [1.807, 2.05) is 60.7 Å². The number of benzene rings is 7. The van der Waals surface area contributed by atoms with Gasteiger partial charge in [0.25, 0.3) is 0 Å². The molecular formula is C45H28N6. The molecule has 0 aliphatic heterocycles. The first kappa shape index (κ1) is 16.6. The van der Waals surface area contributed by atoms with E-state index in [2.05, 4.69) is 4.57 Å². The molecule has 0 aliphatic rings. The van der Waals surface area contributed by atoms with Gasteiger partial charge < -0.3 is 4.57 Å². The summed E-state index contributed by atoms with van der Waals surface area (Å²) >= 11 is 0. The topological polar surface area (TPSA) is 53.5 Å². The van der Waals surface area contributed by atoms with Crippen molar-refractivity contribution < 1.29 is 21.9 Å². The summed E-state index contributed by atoms with van der Waals surface area (Å²) in [6, 6.07) is 12.5. The van der Waals surface area contributed by atoms with Crippen LogP contribution in [0.25, 0.3) is 94.4 Å². The van der Waals surface area contributed by atoms with E-state index in [-0.39, 0.29) is 49.4 Å². The van der Waals surface area contributed by atoms with Crippen LogP contribution in [0.15, 0.2) is 169 Å². The Bertz CT molecular complexity index is 3680. The third-order valence-electron chi connectivity index (χ3n) is 9.04. The predicted octanol–water partition coefficient (Wildman–Crippen LogP) is 10.8. The van der Waals surface area contributed by atoms with Crippen molar-refractivity contribution in [1.82, 2.24) is 28.7 Å². The van der Waals surface area contributed by atoms with Crippen LogP contribution in [0.2, 0.25) is 0 Å². The van der Waals surface area contributed by atoms with Crippen LogP contribution in [-0.4, -0.2) is 28.7 Å². The predicted molar refractivity (Wildman–Crippen MR) is 208 cm³/mol. The van der Waals surface area contributed by atoms with Crippen LogP contribution >= 0.6 is 0 Å². The highest BCUT2D eigenvalue weighted by Crippen LogP contribution is 2.35. The molecule has 4 aromatic heterocycles. The minimum absolute atomic E-state index is 0.137. The van der Waals surface area contributed by atoms with Crippen LogP contribution in [0, 0.1) is 0 Å². The van der Waals surface area contributed by atoms with E-state index < -0.39 is 109 Å². The second-order valence-electron chi connectivity index (χ2n) is 11.7. The van der Waals surface area contributed by atoms with Gasteiger partial charge in [0.15, 0.2) is 5.82 Å². The second kappa shape index (κ2) is 10.7. The van der Waals surface area contributed by atoms with Gasteiger partial charge in [-0.25, -0.2) is 0 Å². The molecule has 0 aliphatic carbocycles. The number of para-hydroxylation sites is 6. The largest absolute Gasteiger partial charge is 0.309 e. The third kappa shape index (κ3) is 4.07. The van der Waals surface area contributed by atoms with Crippen molar-refractivity contribution in [3.63, 3.8) is 0 Å². The van der Waals surface area contributed by atoms with Gasteiger partial charge in [-0.1, -0.05) is 109 Å². The van der Waals surface area contributed by atoms with Crippen LogP contribution in [0.1, 0.15) is 21.9 Å². The minimum atomic E-state index is -0.693. The number of hydrogen-bond acceptors (Lipinski definition) is 3. The molecule has 0 bridgehead atoms. The average molecular weight is 669 g/mol. The van der Waals surface area contributed by atoms with Gasteiger partial charge in [0, 0.05) is 43.6 Å². The van der Waals surface area contributed by atoms with Crippen molar-refractivity contribution in [2.75, 3.05) is 0 Å². The smallest absolute Gasteiger partial charge is 0.240 e. The number of aromatic nitrogens is 6. The lowest BCUT2D eigenvalue weighted by Crippen LogP contribution is -2.10. The molecule has 0 spiro atoms. The zero-order chi connectivity index (χ0) is 47.4. The molecule has 0 radical (unpaired) electrons. The molecule has 0 amide bonds. The van der Waals surface area contributed by atoms with Gasteiger partial charge >= 0.3 is 0 Å². The molecule has 7 aromatic carbocycles. The van der Waals surface area contributed by atoms with Crippen molar-refractivity contribution in [1.29, 1.82) is 0 Å². The van der Waals surface area contributed by atoms with Crippen LogP contribution in [0.4, 0.5) is 0 Å². The molecule has 11 aromatic rings. The highest BCUT2D eigenvalue weighted by molar-refractivity contribution is 6.11. The Morgan fingerprint density at radius 1 is 0.353 bits per heavy atom. The minimum Gasteiger partial charge on any atom is -0.309 e. The second-order valence-corrected chi connectivity index (χ2v) is 11.7. The van der Waals surface area contributed by atoms with Gasteiger partial charge in [0.05, 0.1) is 55.0 Å². The molecule has 6 heteroatoms. The first-order valence-electron chi connectivity index (χ1n) is 23.8. The van der Waals surface area contributed by atoms with E-state index in [1.54, 1.807) is 12.1 Å². The molecule has 6 nitrogen and oxygen atoms in total. The number of nitrogens with zero attached hydrogens (tertiary/aromatic N) is 6. The summed E-state index contributed by atoms with van der Waals surface area (Å²) in [6.45, 7) is 0. The summed E-state index contributed by atoms with van der Waals surface area (Å²) in [5, 5.41) is 1.02. The SMILES string of the molecule is [2H]c1c([2H])c([2H])c2c(c1[2H])c1c([2H])c([2H])c([2H])c([2H])c1n2-c1nc(-c2ccc(-n3c4ccccc4c4ccccc43)cc2)nc(-n2c3c([2H])c([2H])c([2H])c([2H])c3c3c([2H])c([2H])c([2H])c([2H])c32)n1. The molecule has 0 saturated heterocycles. The van der Waals surface area contributed by atoms with Crippen molar-refractivity contribution in [2.45, 2.75) is 0 Å². The lowest BCUT2D eigenvalue weighted by molar-refractivity contribution is 0.893. The fraction of sp³-hybridized carbons (Fsp3) is 0. The molecule has 0 unspecified atom stereocenters. The molecule has 4 heterocycles. The molecule has 51 heavy (non-hydrogen) atoms. The average Bonchev–Trinajstić information content (AvgIpc) is 4.01. The first-order valence-corrected chi connectivity index (χ1v) is 15.8. The molecule has 0 N–H and O–H groups in total. The molecular weight excluding hydrogens is 625 g/mol. The fourth-order valence-corrected chi connectivity index (χ4v) is 6.88. The van der Waals surface area contributed by atoms with E-state index in [0.717, 1.165) is 36.6 Å². The van der Waals surface area contributed by atoms with E-state index in [0.29, 0.717) is 5.56 Å². The van der Waals surface area contributed by atoms with Crippen molar-refractivity contribution in [3.05, 3.63) is 169 Å². The Hall–Kier alpha value is -7.05. The van der Waals surface area contributed by atoms with Gasteiger partial charge in [-0.15, -0.1) is 0 Å². The summed E-state index contributed by atoms with van der Waals surface area (Å²) in [7, 11) is 0. The highest BCUT2D eigenvalue weighted by atomic mass is 15.3. The Morgan fingerprint density at radius 2 is 0.745 bits per heavy atom. The van der Waals surface area contributed by atoms with Gasteiger partial charge in [-0.3, -0.25) is 9.13 Å². The van der Waals surface area contributed by atoms with Crippen LogP contribution < -0.4 is 0 Å². The van der Waals surface area contributed by atoms with Gasteiger partial charge in [0.2, 0.25) is 11.9 Å². The lowest BCUT2D eigenvalue weighted by atomic mass is 10.2. The van der Waals surface area contributed by atoms with Crippen LogP contribution in [0.3, 0.4) is 0 Å². The zero-order valence-corrected chi connectivity index (χ0v) is 26.1. The standard InChI is InChI=1S/C45H28N6/c1-7-19-37-31(13-1)32-14-2-8-20-38(32)49(37)30-27-25-29(26-28-30)43-46-44(50-39-21-9-3-15-33(39)34-16-4-10-22-40(34)50)48-45(47-43)51-41-23-11-5-17-35(41)36-18-6-12-24-42(36)51/h1-28H/i3D,4D,5D,6D,9D,10D,11D,12D,15D,16D,17D,18D,21D,22D,23D,24D. The van der Waals surface area contributed by atoms with E-state index in [1.165, 1.54) is 0 Å². The molecule has 0 atom stereocenters. The van der Waals surface area contributed by atoms with E-state index >= 15 is 0 Å². The number of rotatable bonds is 4. The number of fused-ring (bicyclic) bond motifs is 9. The third-order valence-corrected chi connectivity index (χ3v) is 9.04. The summed E-state index contributed by atoms with van der Waals surface area (Å²) in [5.41, 5.74) is 1.67. The lowest BCUT2D eigenvalue weighted by Gasteiger charge is -2.13. The summed E-state index contributed by atoms with van der Waals surface area (Å²) in [4.78, 5) is 14.4. The highest BCUT2D eigenvalue weighted by Gasteiger charge is 2.20. The Labute approximate surface area is 314 Å². The van der Waals surface area contributed by atoms with Crippen LogP contribution in [-0.2, 0) is 0 Å². The maximum absolute atomic E-state index is 9.15. The first-order chi connectivity index (χ1) is 32.0. The summed E-state index contributed by atoms with van der Waals surface area (Å²) in [6.07, 6.45) is 0. The molecule has 238 valence electrons. The van der Waals surface area contributed by atoms with E-state index in [4.69, 9.17) is 36.9 Å². The molecule has 11 rings (SSSR count). The molecule has 0 fully saturated rings. The Morgan fingerprint density at radius 3 is 1.18 bits per heavy atom. The Kier molecular flexibility index (Phi) is 3.48. The normalized spacial score (nSPS) is 16.3. The number of hydrogen-bond donors (Lipinski definition) is 0. The summed E-state index contributed by atoms with van der Waals surface area (Å²) in [5.74, 6) is -1.06. The monoisotopic (exact) mass is 668 g/mol. The van der Waals surface area contributed by atoms with Crippen molar-refractivity contribution in [3.8, 4) is 29.0 Å². The fourth-order valence-electron chi connectivity index (χ4n) is 6.88. The maximum atomic E-state index is 9.15. The van der Waals surface area contributed by atoms with Gasteiger partial charge in [0.1, 0.15) is 0 Å². The maximum Gasteiger partial charge on any atom is 0.240 e. The van der Waals surface area contributed by atoms with Crippen molar-refractivity contribution >= 4 is 65.4 Å². The Balaban J connectivity index is 1.30. The quantitative estimate of drug-likeness (QED) is 0.188.